The Labute approximate surface area is 455 Å². The number of carbonyl (C=O) groups excluding carboxylic acids is 2. The van der Waals surface area contributed by atoms with Gasteiger partial charge in [0.05, 0.1) is 224 Å². The average Bonchev–Trinajstić information content (AvgIpc) is 3.41. The summed E-state index contributed by atoms with van der Waals surface area (Å²) in [6.45, 7) is 19.6. The van der Waals surface area contributed by atoms with E-state index in [1.54, 1.807) is 39.2 Å². The maximum Gasteiger partial charge on any atom is 0.404 e. The topological polar surface area (TPSA) is 285 Å². The highest BCUT2D eigenvalue weighted by Crippen LogP contribution is 2.16. The summed E-state index contributed by atoms with van der Waals surface area (Å²) in [4.78, 5) is 36.1. The van der Waals surface area contributed by atoms with Gasteiger partial charge in [0, 0.05) is 24.4 Å². The minimum Gasteiger partial charge on any atom is -0.465 e. The van der Waals surface area contributed by atoms with Crippen LogP contribution in [0.5, 0.6) is 0 Å². The van der Waals surface area contributed by atoms with Gasteiger partial charge in [0.25, 0.3) is 0 Å². The Balaban J connectivity index is 1.81. The molecule has 0 fully saturated rings. The SMILES string of the molecule is COCCOCCOCCOCCOCCOCCOCCOCCOCCOCCOCCOCCOCCOCCOCCOCCOCC#Cc1cc(NC(=O)[C@H](C)NC(=O)[C@@H](C)C(C)NC(=O)O)ccc1CO. The van der Waals surface area contributed by atoms with Crippen molar-refractivity contribution in [2.24, 2.45) is 5.92 Å². The van der Waals surface area contributed by atoms with E-state index < -0.39 is 35.9 Å². The van der Waals surface area contributed by atoms with Crippen LogP contribution in [0.25, 0.3) is 0 Å². The van der Waals surface area contributed by atoms with Gasteiger partial charge in [-0.1, -0.05) is 24.8 Å². The molecule has 0 saturated carbocycles. The van der Waals surface area contributed by atoms with E-state index in [9.17, 15) is 19.5 Å². The Morgan fingerprint density at radius 3 is 1.06 bits per heavy atom. The number of aliphatic hydroxyl groups is 1. The molecule has 3 amide bonds. The predicted octanol–water partition coefficient (Wildman–Crippen LogP) is 1.18. The number of amides is 3. The van der Waals surface area contributed by atoms with Crippen molar-refractivity contribution in [1.29, 1.82) is 0 Å². The number of ether oxygens (including phenoxy) is 17. The molecule has 0 aliphatic heterocycles. The van der Waals surface area contributed by atoms with Crippen molar-refractivity contribution in [2.45, 2.75) is 39.5 Å². The lowest BCUT2D eigenvalue weighted by atomic mass is 10.0. The summed E-state index contributed by atoms with van der Waals surface area (Å²) in [6, 6.07) is 3.33. The van der Waals surface area contributed by atoms with Gasteiger partial charge in [-0.25, -0.2) is 4.79 Å². The number of nitrogens with one attached hydrogen (secondary N) is 3. The molecule has 0 aliphatic carbocycles. The lowest BCUT2D eigenvalue weighted by Crippen LogP contribution is -2.48. The molecular formula is C52H91N3O22. The lowest BCUT2D eigenvalue weighted by molar-refractivity contribution is -0.129. The van der Waals surface area contributed by atoms with Crippen molar-refractivity contribution in [3.05, 3.63) is 29.3 Å². The second-order valence-electron chi connectivity index (χ2n) is 16.3. The van der Waals surface area contributed by atoms with Crippen molar-refractivity contribution in [3.63, 3.8) is 0 Å². The zero-order valence-corrected chi connectivity index (χ0v) is 46.1. The van der Waals surface area contributed by atoms with Gasteiger partial charge in [-0.3, -0.25) is 9.59 Å². The summed E-state index contributed by atoms with van der Waals surface area (Å²) in [5, 5.41) is 26.2. The molecule has 0 heterocycles. The fourth-order valence-electron chi connectivity index (χ4n) is 5.81. The van der Waals surface area contributed by atoms with Crippen LogP contribution in [-0.4, -0.2) is 265 Å². The Morgan fingerprint density at radius 2 is 0.766 bits per heavy atom. The van der Waals surface area contributed by atoms with Crippen LogP contribution in [0.1, 0.15) is 31.9 Å². The summed E-state index contributed by atoms with van der Waals surface area (Å²) in [7, 11) is 1.64. The zero-order valence-electron chi connectivity index (χ0n) is 46.1. The second kappa shape index (κ2) is 54.2. The highest BCUT2D eigenvalue weighted by Gasteiger charge is 2.25. The molecule has 0 bridgehead atoms. The van der Waals surface area contributed by atoms with Gasteiger partial charge in [0.15, 0.2) is 0 Å². The van der Waals surface area contributed by atoms with Crippen LogP contribution >= 0.6 is 0 Å². The van der Waals surface area contributed by atoms with E-state index in [-0.39, 0.29) is 13.2 Å². The molecule has 5 N–H and O–H groups in total. The fraction of sp³-hybridized carbons (Fsp3) is 0.788. The highest BCUT2D eigenvalue weighted by atomic mass is 16.6. The minimum atomic E-state index is -1.24. The maximum absolute atomic E-state index is 12.7. The monoisotopic (exact) mass is 1110 g/mol. The van der Waals surface area contributed by atoms with Gasteiger partial charge in [-0.05, 0) is 31.5 Å². The molecule has 0 aliphatic rings. The third kappa shape index (κ3) is 45.8. The van der Waals surface area contributed by atoms with E-state index in [0.717, 1.165) is 0 Å². The van der Waals surface area contributed by atoms with Crippen LogP contribution in [0.2, 0.25) is 0 Å². The summed E-state index contributed by atoms with van der Waals surface area (Å²) in [5.41, 5.74) is 1.49. The number of aliphatic hydroxyl groups excluding tert-OH is 1. The summed E-state index contributed by atoms with van der Waals surface area (Å²) < 4.78 is 92.7. The molecule has 25 heteroatoms. The van der Waals surface area contributed by atoms with E-state index >= 15 is 0 Å². The first-order chi connectivity index (χ1) is 37.7. The Hall–Kier alpha value is -3.73. The number of anilines is 1. The van der Waals surface area contributed by atoms with Gasteiger partial charge in [-0.2, -0.15) is 0 Å². The predicted molar refractivity (Wildman–Crippen MR) is 280 cm³/mol. The Morgan fingerprint density at radius 1 is 0.455 bits per heavy atom. The van der Waals surface area contributed by atoms with Crippen molar-refractivity contribution in [3.8, 4) is 11.8 Å². The Bertz CT molecular complexity index is 1610. The number of rotatable bonds is 56. The van der Waals surface area contributed by atoms with Gasteiger partial charge in [0.1, 0.15) is 12.6 Å². The smallest absolute Gasteiger partial charge is 0.404 e. The lowest BCUT2D eigenvalue weighted by Gasteiger charge is -2.21. The normalized spacial score (nSPS) is 12.5. The number of methoxy groups -OCH3 is 1. The van der Waals surface area contributed by atoms with Crippen LogP contribution in [0, 0.1) is 17.8 Å². The molecule has 25 nitrogen and oxygen atoms in total. The fourth-order valence-corrected chi connectivity index (χ4v) is 5.81. The molecule has 1 rings (SSSR count). The van der Waals surface area contributed by atoms with Gasteiger partial charge in [-0.15, -0.1) is 0 Å². The minimum absolute atomic E-state index is 0.121. The molecule has 1 unspecified atom stereocenters. The largest absolute Gasteiger partial charge is 0.465 e. The highest BCUT2D eigenvalue weighted by molar-refractivity contribution is 5.97. The third-order valence-electron chi connectivity index (χ3n) is 10.2. The first-order valence-electron chi connectivity index (χ1n) is 26.3. The van der Waals surface area contributed by atoms with Crippen LogP contribution in [0.15, 0.2) is 18.2 Å². The van der Waals surface area contributed by atoms with E-state index in [0.29, 0.717) is 228 Å². The molecule has 0 saturated heterocycles. The molecule has 1 aromatic rings. The molecule has 1 aromatic carbocycles. The van der Waals surface area contributed by atoms with E-state index in [2.05, 4.69) is 27.8 Å². The van der Waals surface area contributed by atoms with Crippen molar-refractivity contribution >= 4 is 23.6 Å². The number of hydrogen-bond acceptors (Lipinski definition) is 21. The van der Waals surface area contributed by atoms with Gasteiger partial charge < -0.3 is 107 Å². The van der Waals surface area contributed by atoms with Gasteiger partial charge in [0.2, 0.25) is 11.8 Å². The van der Waals surface area contributed by atoms with Crippen LogP contribution in [0.3, 0.4) is 0 Å². The van der Waals surface area contributed by atoms with E-state index in [1.165, 1.54) is 6.92 Å². The molecule has 0 aromatic heterocycles. The number of carboxylic acid groups (broad SMARTS) is 1. The molecule has 3 atom stereocenters. The summed E-state index contributed by atoms with van der Waals surface area (Å²) in [6.07, 6.45) is -1.24. The number of hydrogen-bond donors (Lipinski definition) is 5. The van der Waals surface area contributed by atoms with E-state index in [1.807, 2.05) is 0 Å². The molecule has 77 heavy (non-hydrogen) atoms. The quantitative estimate of drug-likeness (QED) is 0.0452. The third-order valence-corrected chi connectivity index (χ3v) is 10.2. The van der Waals surface area contributed by atoms with Crippen LogP contribution in [0.4, 0.5) is 10.5 Å². The first kappa shape index (κ1) is 71.3. The number of benzene rings is 1. The molecule has 0 spiro atoms. The Kier molecular flexibility index (Phi) is 50.2. The maximum atomic E-state index is 12.7. The van der Waals surface area contributed by atoms with E-state index in [4.69, 9.17) is 85.6 Å². The van der Waals surface area contributed by atoms with Crippen molar-refractivity contribution < 1.29 is 105 Å². The number of carbonyl (C=O) groups is 3. The van der Waals surface area contributed by atoms with Gasteiger partial charge >= 0.3 is 6.09 Å². The molecule has 446 valence electrons. The van der Waals surface area contributed by atoms with Crippen LogP contribution < -0.4 is 16.0 Å². The van der Waals surface area contributed by atoms with Crippen LogP contribution in [-0.2, 0) is 96.7 Å². The van der Waals surface area contributed by atoms with Crippen molar-refractivity contribution in [2.75, 3.05) is 230 Å². The molecule has 0 radical (unpaired) electrons. The zero-order chi connectivity index (χ0) is 55.9. The average molecular weight is 1110 g/mol. The standard InChI is InChI=1S/C52H91N3O22/c1-44(45(2)54-52(59)60)50(57)53-46(3)51(58)55-49-8-7-48(43-56)47(42-49)6-5-9-62-12-13-64-16-17-66-20-21-68-24-25-70-28-29-72-32-33-74-36-37-76-40-41-77-39-38-75-35-34-73-31-30-71-27-26-69-23-22-67-19-18-65-15-14-63-11-10-61-4/h7-8,42,44-46,54,56H,9-41,43H2,1-4H3,(H,53,57)(H,55,58)(H,59,60)/t44-,45?,46-/m0/s1. The second-order valence-corrected chi connectivity index (χ2v) is 16.3. The van der Waals surface area contributed by atoms with Crippen molar-refractivity contribution in [1.82, 2.24) is 10.6 Å². The summed E-state index contributed by atoms with van der Waals surface area (Å²) in [5.74, 6) is 4.19. The first-order valence-corrected chi connectivity index (χ1v) is 26.3. The molecular weight excluding hydrogens is 1020 g/mol. The summed E-state index contributed by atoms with van der Waals surface area (Å²) >= 11 is 0.